The number of carboxylic acid groups (broad SMARTS) is 1. The van der Waals surface area contributed by atoms with Gasteiger partial charge < -0.3 is 10.2 Å². The molecule has 1 aromatic rings. The number of rotatable bonds is 5. The van der Waals surface area contributed by atoms with Crippen LogP contribution in [0.1, 0.15) is 6.42 Å². The molecule has 0 aliphatic carbocycles. The zero-order valence-corrected chi connectivity index (χ0v) is 7.61. The van der Waals surface area contributed by atoms with Crippen molar-refractivity contribution in [1.29, 1.82) is 0 Å². The summed E-state index contributed by atoms with van der Waals surface area (Å²) in [6, 6.07) is 0. The Bertz CT molecular complexity index is 374. The number of carbonyl (C=O) groups is 1. The topological polar surface area (TPSA) is 118 Å². The quantitative estimate of drug-likeness (QED) is 0.510. The molecule has 1 heterocycles. The molecule has 0 aliphatic heterocycles. The van der Waals surface area contributed by atoms with E-state index in [0.717, 1.165) is 17.1 Å². The fourth-order valence-electron chi connectivity index (χ4n) is 1.03. The molecule has 15 heavy (non-hydrogen) atoms. The van der Waals surface area contributed by atoms with Crippen LogP contribution in [0, 0.1) is 10.1 Å². The van der Waals surface area contributed by atoms with Gasteiger partial charge in [-0.25, -0.2) is 0 Å². The second-order valence-electron chi connectivity index (χ2n) is 2.93. The SMILES string of the molecule is O=C(O)CC(O)Cn1cc([N+](=O)[O-])cn1. The number of carboxylic acids is 1. The molecule has 2 N–H and O–H groups in total. The van der Waals surface area contributed by atoms with Crippen LogP contribution in [0.15, 0.2) is 12.4 Å². The molecule has 1 rings (SSSR count). The van der Waals surface area contributed by atoms with Crippen molar-refractivity contribution in [2.75, 3.05) is 0 Å². The van der Waals surface area contributed by atoms with Crippen LogP contribution >= 0.6 is 0 Å². The van der Waals surface area contributed by atoms with Gasteiger partial charge in [-0.1, -0.05) is 0 Å². The minimum absolute atomic E-state index is 0.0832. The predicted octanol–water partition coefficient (Wildman–Crippen LogP) is -0.373. The van der Waals surface area contributed by atoms with E-state index in [-0.39, 0.29) is 12.2 Å². The third-order valence-corrected chi connectivity index (χ3v) is 1.64. The van der Waals surface area contributed by atoms with Crippen LogP contribution in [0.2, 0.25) is 0 Å². The highest BCUT2D eigenvalue weighted by molar-refractivity contribution is 5.67. The first-order valence-electron chi connectivity index (χ1n) is 4.05. The molecule has 0 spiro atoms. The van der Waals surface area contributed by atoms with Crippen molar-refractivity contribution < 1.29 is 19.9 Å². The number of aliphatic hydroxyl groups is 1. The average molecular weight is 215 g/mol. The molecular weight excluding hydrogens is 206 g/mol. The lowest BCUT2D eigenvalue weighted by Gasteiger charge is -2.06. The van der Waals surface area contributed by atoms with E-state index in [2.05, 4.69) is 5.10 Å². The van der Waals surface area contributed by atoms with Crippen molar-refractivity contribution in [3.8, 4) is 0 Å². The Balaban J connectivity index is 2.57. The zero-order chi connectivity index (χ0) is 11.4. The summed E-state index contributed by atoms with van der Waals surface area (Å²) in [7, 11) is 0. The molecule has 0 saturated heterocycles. The highest BCUT2D eigenvalue weighted by atomic mass is 16.6. The van der Waals surface area contributed by atoms with E-state index >= 15 is 0 Å². The van der Waals surface area contributed by atoms with Gasteiger partial charge in [0.1, 0.15) is 12.4 Å². The first kappa shape index (κ1) is 11.1. The largest absolute Gasteiger partial charge is 0.481 e. The number of aromatic nitrogens is 2. The molecule has 0 bridgehead atoms. The van der Waals surface area contributed by atoms with Gasteiger partial charge >= 0.3 is 11.7 Å². The van der Waals surface area contributed by atoms with Crippen LogP contribution in [0.4, 0.5) is 5.69 Å². The fourth-order valence-corrected chi connectivity index (χ4v) is 1.03. The Morgan fingerprint density at radius 1 is 1.73 bits per heavy atom. The third kappa shape index (κ3) is 3.35. The summed E-state index contributed by atoms with van der Waals surface area (Å²) in [5, 5.41) is 31.4. The van der Waals surface area contributed by atoms with Crippen LogP contribution < -0.4 is 0 Å². The third-order valence-electron chi connectivity index (χ3n) is 1.64. The van der Waals surface area contributed by atoms with Gasteiger partial charge in [-0.05, 0) is 0 Å². The van der Waals surface area contributed by atoms with Gasteiger partial charge in [-0.2, -0.15) is 5.10 Å². The van der Waals surface area contributed by atoms with Crippen molar-refractivity contribution in [3.05, 3.63) is 22.5 Å². The number of aliphatic carboxylic acids is 1. The number of hydrogen-bond acceptors (Lipinski definition) is 5. The Hall–Kier alpha value is -1.96. The van der Waals surface area contributed by atoms with Crippen LogP contribution in [0.25, 0.3) is 0 Å². The maximum atomic E-state index is 10.3. The number of nitro groups is 1. The van der Waals surface area contributed by atoms with Gasteiger partial charge in [0.2, 0.25) is 0 Å². The van der Waals surface area contributed by atoms with E-state index in [1.54, 1.807) is 0 Å². The number of nitrogens with zero attached hydrogens (tertiary/aromatic N) is 3. The van der Waals surface area contributed by atoms with Crippen molar-refractivity contribution in [3.63, 3.8) is 0 Å². The van der Waals surface area contributed by atoms with E-state index in [9.17, 15) is 20.0 Å². The monoisotopic (exact) mass is 215 g/mol. The molecule has 0 fully saturated rings. The van der Waals surface area contributed by atoms with Gasteiger partial charge in [0.25, 0.3) is 0 Å². The Labute approximate surface area is 83.9 Å². The lowest BCUT2D eigenvalue weighted by Crippen LogP contribution is -2.19. The average Bonchev–Trinajstić information content (AvgIpc) is 2.50. The molecule has 0 saturated carbocycles. The van der Waals surface area contributed by atoms with Crippen LogP contribution in [0.5, 0.6) is 0 Å². The van der Waals surface area contributed by atoms with Crippen molar-refractivity contribution >= 4 is 11.7 Å². The molecular formula is C7H9N3O5. The van der Waals surface area contributed by atoms with Crippen LogP contribution in [-0.4, -0.2) is 37.0 Å². The Morgan fingerprint density at radius 2 is 2.40 bits per heavy atom. The predicted molar refractivity (Wildman–Crippen MR) is 47.1 cm³/mol. The minimum atomic E-state index is -1.14. The van der Waals surface area contributed by atoms with Gasteiger partial charge in [-0.3, -0.25) is 19.6 Å². The summed E-state index contributed by atoms with van der Waals surface area (Å²) >= 11 is 0. The molecule has 1 aromatic heterocycles. The van der Waals surface area contributed by atoms with Gasteiger partial charge in [0.15, 0.2) is 0 Å². The Morgan fingerprint density at radius 3 is 2.87 bits per heavy atom. The summed E-state index contributed by atoms with van der Waals surface area (Å²) < 4.78 is 1.13. The smallest absolute Gasteiger partial charge is 0.306 e. The molecule has 1 atom stereocenters. The van der Waals surface area contributed by atoms with Gasteiger partial charge in [0, 0.05) is 0 Å². The van der Waals surface area contributed by atoms with E-state index < -0.39 is 23.4 Å². The second kappa shape index (κ2) is 4.51. The molecule has 82 valence electrons. The van der Waals surface area contributed by atoms with Crippen LogP contribution in [0.3, 0.4) is 0 Å². The van der Waals surface area contributed by atoms with E-state index in [4.69, 9.17) is 5.11 Å². The van der Waals surface area contributed by atoms with Crippen LogP contribution in [-0.2, 0) is 11.3 Å². The normalized spacial score (nSPS) is 12.3. The van der Waals surface area contributed by atoms with Gasteiger partial charge in [-0.15, -0.1) is 0 Å². The second-order valence-corrected chi connectivity index (χ2v) is 2.93. The lowest BCUT2D eigenvalue weighted by molar-refractivity contribution is -0.385. The molecule has 0 aromatic carbocycles. The van der Waals surface area contributed by atoms with Gasteiger partial charge in [0.05, 0.1) is 24.0 Å². The number of hydrogen-bond donors (Lipinski definition) is 2. The molecule has 0 radical (unpaired) electrons. The lowest BCUT2D eigenvalue weighted by atomic mass is 10.2. The molecule has 1 unspecified atom stereocenters. The molecule has 0 amide bonds. The zero-order valence-electron chi connectivity index (χ0n) is 7.61. The van der Waals surface area contributed by atoms with E-state index in [0.29, 0.717) is 0 Å². The van der Waals surface area contributed by atoms with Crippen molar-refractivity contribution in [2.45, 2.75) is 19.1 Å². The standard InChI is InChI=1S/C7H9N3O5/c11-6(1-7(12)13)4-9-3-5(2-8-9)10(14)15/h2-3,6,11H,1,4H2,(H,12,13). The highest BCUT2D eigenvalue weighted by Crippen LogP contribution is 2.08. The number of aliphatic hydroxyl groups excluding tert-OH is 1. The van der Waals surface area contributed by atoms with E-state index in [1.165, 1.54) is 0 Å². The van der Waals surface area contributed by atoms with Crippen molar-refractivity contribution in [2.24, 2.45) is 0 Å². The van der Waals surface area contributed by atoms with Crippen molar-refractivity contribution in [1.82, 2.24) is 9.78 Å². The maximum Gasteiger partial charge on any atom is 0.306 e. The Kier molecular flexibility index (Phi) is 3.34. The summed E-state index contributed by atoms with van der Waals surface area (Å²) in [6.45, 7) is -0.0832. The summed E-state index contributed by atoms with van der Waals surface area (Å²) in [4.78, 5) is 19.9. The van der Waals surface area contributed by atoms with E-state index in [1.807, 2.05) is 0 Å². The first-order chi connectivity index (χ1) is 6.99. The molecule has 8 heteroatoms. The molecule has 8 nitrogen and oxygen atoms in total. The minimum Gasteiger partial charge on any atom is -0.481 e. The summed E-state index contributed by atoms with van der Waals surface area (Å²) in [5.41, 5.74) is -0.197. The summed E-state index contributed by atoms with van der Waals surface area (Å²) in [6.07, 6.45) is 0.633. The summed E-state index contributed by atoms with van der Waals surface area (Å²) in [5.74, 6) is -1.14. The molecule has 0 aliphatic rings. The first-order valence-corrected chi connectivity index (χ1v) is 4.05. The fraction of sp³-hybridized carbons (Fsp3) is 0.429. The maximum absolute atomic E-state index is 10.3. The highest BCUT2D eigenvalue weighted by Gasteiger charge is 2.13.